The number of H-pyrrole nitrogens is 2. The molecule has 0 saturated heterocycles. The van der Waals surface area contributed by atoms with Gasteiger partial charge in [0.1, 0.15) is 11.5 Å². The minimum absolute atomic E-state index is 0.000836. The maximum absolute atomic E-state index is 12.5. The molecule has 0 radical (unpaired) electrons. The van der Waals surface area contributed by atoms with Crippen molar-refractivity contribution in [2.24, 2.45) is 5.92 Å². The number of imidazole rings is 1. The Bertz CT molecular complexity index is 982. The monoisotopic (exact) mass is 410 g/mol. The van der Waals surface area contributed by atoms with E-state index in [0.717, 1.165) is 43.6 Å². The quantitative estimate of drug-likeness (QED) is 0.475. The molecular formula is C21H26N6O3. The summed E-state index contributed by atoms with van der Waals surface area (Å²) < 4.78 is 5.55. The van der Waals surface area contributed by atoms with Crippen LogP contribution >= 0.6 is 0 Å². The van der Waals surface area contributed by atoms with Gasteiger partial charge in [0.05, 0.1) is 6.33 Å². The van der Waals surface area contributed by atoms with Gasteiger partial charge in [-0.15, -0.1) is 0 Å². The molecule has 0 bridgehead atoms. The molecule has 4 rings (SSSR count). The van der Waals surface area contributed by atoms with Crippen molar-refractivity contribution in [3.63, 3.8) is 0 Å². The summed E-state index contributed by atoms with van der Waals surface area (Å²) in [6, 6.07) is 5.44. The first-order valence-electron chi connectivity index (χ1n) is 10.3. The first-order valence-corrected chi connectivity index (χ1v) is 10.3. The zero-order valence-corrected chi connectivity index (χ0v) is 16.9. The first kappa shape index (κ1) is 19.9. The van der Waals surface area contributed by atoms with E-state index in [0.29, 0.717) is 23.7 Å². The van der Waals surface area contributed by atoms with Crippen molar-refractivity contribution in [2.75, 3.05) is 6.54 Å². The molecule has 1 saturated carbocycles. The molecule has 1 fully saturated rings. The van der Waals surface area contributed by atoms with E-state index < -0.39 is 0 Å². The SMILES string of the molecule is Cc1ccc(-c2cc(C(=O)NC3CCC(C(=O)NCCc4cnc[nH]4)CC3)n[nH]2)o1. The Morgan fingerprint density at radius 3 is 2.77 bits per heavy atom. The third-order valence-corrected chi connectivity index (χ3v) is 5.50. The van der Waals surface area contributed by atoms with Gasteiger partial charge in [-0.25, -0.2) is 4.98 Å². The Balaban J connectivity index is 1.21. The summed E-state index contributed by atoms with van der Waals surface area (Å²) in [7, 11) is 0. The number of aryl methyl sites for hydroxylation is 1. The molecule has 158 valence electrons. The van der Waals surface area contributed by atoms with Gasteiger partial charge >= 0.3 is 0 Å². The second-order valence-electron chi connectivity index (χ2n) is 7.72. The molecule has 3 aromatic heterocycles. The fourth-order valence-electron chi connectivity index (χ4n) is 3.79. The summed E-state index contributed by atoms with van der Waals surface area (Å²) in [6.45, 7) is 2.46. The highest BCUT2D eigenvalue weighted by Crippen LogP contribution is 2.25. The number of hydrogen-bond donors (Lipinski definition) is 4. The average Bonchev–Trinajstić information content (AvgIpc) is 3.50. The van der Waals surface area contributed by atoms with Gasteiger partial charge in [0.2, 0.25) is 5.91 Å². The molecule has 0 unspecified atom stereocenters. The van der Waals surface area contributed by atoms with E-state index in [4.69, 9.17) is 4.42 Å². The van der Waals surface area contributed by atoms with Crippen LogP contribution in [-0.4, -0.2) is 44.6 Å². The van der Waals surface area contributed by atoms with Crippen LogP contribution < -0.4 is 10.6 Å². The van der Waals surface area contributed by atoms with E-state index >= 15 is 0 Å². The van der Waals surface area contributed by atoms with Crippen molar-refractivity contribution in [3.05, 3.63) is 47.9 Å². The Hall–Kier alpha value is -3.36. The zero-order chi connectivity index (χ0) is 20.9. The molecule has 0 aromatic carbocycles. The van der Waals surface area contributed by atoms with Gasteiger partial charge in [-0.05, 0) is 44.7 Å². The van der Waals surface area contributed by atoms with Gasteiger partial charge in [0.15, 0.2) is 11.5 Å². The molecule has 30 heavy (non-hydrogen) atoms. The van der Waals surface area contributed by atoms with Crippen LogP contribution in [0.1, 0.15) is 47.6 Å². The van der Waals surface area contributed by atoms with Gasteiger partial charge in [0, 0.05) is 42.9 Å². The maximum atomic E-state index is 12.5. The Morgan fingerprint density at radius 2 is 2.07 bits per heavy atom. The molecule has 2 amide bonds. The highest BCUT2D eigenvalue weighted by atomic mass is 16.3. The van der Waals surface area contributed by atoms with Crippen LogP contribution in [0.5, 0.6) is 0 Å². The largest absolute Gasteiger partial charge is 0.460 e. The van der Waals surface area contributed by atoms with Crippen LogP contribution in [0, 0.1) is 12.8 Å². The molecule has 0 atom stereocenters. The van der Waals surface area contributed by atoms with Crippen molar-refractivity contribution in [1.29, 1.82) is 0 Å². The third-order valence-electron chi connectivity index (χ3n) is 5.50. The lowest BCUT2D eigenvalue weighted by atomic mass is 9.85. The Morgan fingerprint density at radius 1 is 1.23 bits per heavy atom. The van der Waals surface area contributed by atoms with E-state index in [2.05, 4.69) is 30.8 Å². The lowest BCUT2D eigenvalue weighted by Crippen LogP contribution is -2.41. The molecule has 1 aliphatic carbocycles. The predicted molar refractivity (Wildman–Crippen MR) is 110 cm³/mol. The lowest BCUT2D eigenvalue weighted by Gasteiger charge is -2.28. The highest BCUT2D eigenvalue weighted by molar-refractivity contribution is 5.93. The normalized spacial score (nSPS) is 18.8. The van der Waals surface area contributed by atoms with E-state index in [1.165, 1.54) is 0 Å². The van der Waals surface area contributed by atoms with Crippen molar-refractivity contribution < 1.29 is 14.0 Å². The van der Waals surface area contributed by atoms with Crippen LogP contribution in [0.15, 0.2) is 35.1 Å². The molecule has 3 heterocycles. The molecule has 3 aromatic rings. The number of furan rings is 1. The topological polar surface area (TPSA) is 129 Å². The maximum Gasteiger partial charge on any atom is 0.272 e. The van der Waals surface area contributed by atoms with Gasteiger partial charge in [-0.3, -0.25) is 14.7 Å². The Kier molecular flexibility index (Phi) is 5.97. The van der Waals surface area contributed by atoms with Crippen molar-refractivity contribution in [2.45, 2.75) is 45.1 Å². The first-order chi connectivity index (χ1) is 14.6. The number of amides is 2. The summed E-state index contributed by atoms with van der Waals surface area (Å²) in [5.41, 5.74) is 2.01. The number of rotatable bonds is 7. The average molecular weight is 410 g/mol. The van der Waals surface area contributed by atoms with Crippen LogP contribution in [0.2, 0.25) is 0 Å². The summed E-state index contributed by atoms with van der Waals surface area (Å²) in [4.78, 5) is 31.9. The Labute approximate surface area is 174 Å². The minimum Gasteiger partial charge on any atom is -0.460 e. The van der Waals surface area contributed by atoms with Crippen molar-refractivity contribution in [1.82, 2.24) is 30.8 Å². The number of hydrogen-bond acceptors (Lipinski definition) is 5. The molecule has 0 aliphatic heterocycles. The number of aromatic amines is 2. The standard InChI is InChI=1S/C21H26N6O3/c1-13-2-7-19(30-13)17-10-18(27-26-17)21(29)25-15-5-3-14(4-6-15)20(28)23-9-8-16-11-22-12-24-16/h2,7,10-12,14-15H,3-6,8-9H2,1H3,(H,22,24)(H,23,28)(H,25,29)(H,26,27). The smallest absolute Gasteiger partial charge is 0.272 e. The molecule has 9 nitrogen and oxygen atoms in total. The second kappa shape index (κ2) is 8.98. The minimum atomic E-state index is -0.215. The number of carbonyl (C=O) groups is 2. The molecule has 1 aliphatic rings. The number of carbonyl (C=O) groups excluding carboxylic acids is 2. The van der Waals surface area contributed by atoms with Crippen molar-refractivity contribution in [3.8, 4) is 11.5 Å². The molecule has 0 spiro atoms. The van der Waals surface area contributed by atoms with E-state index in [1.54, 1.807) is 18.6 Å². The van der Waals surface area contributed by atoms with Crippen LogP contribution in [-0.2, 0) is 11.2 Å². The lowest BCUT2D eigenvalue weighted by molar-refractivity contribution is -0.126. The summed E-state index contributed by atoms with van der Waals surface area (Å²) in [5.74, 6) is 1.32. The highest BCUT2D eigenvalue weighted by Gasteiger charge is 2.27. The van der Waals surface area contributed by atoms with Gasteiger partial charge in [-0.1, -0.05) is 0 Å². The van der Waals surface area contributed by atoms with Crippen LogP contribution in [0.3, 0.4) is 0 Å². The van der Waals surface area contributed by atoms with Gasteiger partial charge in [-0.2, -0.15) is 5.10 Å². The third kappa shape index (κ3) is 4.79. The number of nitrogens with zero attached hydrogens (tertiary/aromatic N) is 2. The number of aromatic nitrogens is 4. The summed E-state index contributed by atoms with van der Waals surface area (Å²) in [5, 5.41) is 13.0. The molecule has 4 N–H and O–H groups in total. The zero-order valence-electron chi connectivity index (χ0n) is 16.9. The number of nitrogens with one attached hydrogen (secondary N) is 4. The van der Waals surface area contributed by atoms with Crippen molar-refractivity contribution >= 4 is 11.8 Å². The molecular weight excluding hydrogens is 384 g/mol. The predicted octanol–water partition coefficient (Wildman–Crippen LogP) is 2.35. The van der Waals surface area contributed by atoms with Gasteiger partial charge < -0.3 is 20.0 Å². The second-order valence-corrected chi connectivity index (χ2v) is 7.72. The summed E-state index contributed by atoms with van der Waals surface area (Å²) >= 11 is 0. The molecule has 9 heteroatoms. The van der Waals surface area contributed by atoms with E-state index in [1.807, 2.05) is 19.1 Å². The van der Waals surface area contributed by atoms with Gasteiger partial charge in [0.25, 0.3) is 5.91 Å². The van der Waals surface area contributed by atoms with Crippen LogP contribution in [0.25, 0.3) is 11.5 Å². The summed E-state index contributed by atoms with van der Waals surface area (Å²) in [6.07, 6.45) is 7.21. The fourth-order valence-corrected chi connectivity index (χ4v) is 3.79. The van der Waals surface area contributed by atoms with E-state index in [-0.39, 0.29) is 23.8 Å². The van der Waals surface area contributed by atoms with Crippen LogP contribution in [0.4, 0.5) is 0 Å². The fraction of sp³-hybridized carbons (Fsp3) is 0.429. The van der Waals surface area contributed by atoms with E-state index in [9.17, 15) is 9.59 Å².